The van der Waals surface area contributed by atoms with Crippen LogP contribution in [0.2, 0.25) is 0 Å². The average Bonchev–Trinajstić information content (AvgIpc) is 3.27. The summed E-state index contributed by atoms with van der Waals surface area (Å²) in [5, 5.41) is 13.7. The zero-order valence-corrected chi connectivity index (χ0v) is 11.0. The number of nitrogens with zero attached hydrogens (tertiary/aromatic N) is 1. The standard InChI is InChI=1S/C14H17N3O3/c15-9-12(10-5-6-10)16-14(18)8-7-11-3-1-2-4-13(11)17(19)20/h1-4,7-8,10,12H,5-6,9,15H2,(H,16,18). The van der Waals surface area contributed by atoms with E-state index in [1.807, 2.05) is 0 Å². The van der Waals surface area contributed by atoms with Gasteiger partial charge in [0.25, 0.3) is 5.69 Å². The first-order valence-electron chi connectivity index (χ1n) is 6.54. The van der Waals surface area contributed by atoms with E-state index in [-0.39, 0.29) is 17.6 Å². The van der Waals surface area contributed by atoms with Gasteiger partial charge in [-0.05, 0) is 30.9 Å². The van der Waals surface area contributed by atoms with Crippen LogP contribution in [-0.4, -0.2) is 23.4 Å². The van der Waals surface area contributed by atoms with Gasteiger partial charge < -0.3 is 11.1 Å². The SMILES string of the molecule is NCC(NC(=O)C=Cc1ccccc1[N+](=O)[O-])C1CC1. The van der Waals surface area contributed by atoms with E-state index in [1.54, 1.807) is 18.2 Å². The van der Waals surface area contributed by atoms with Crippen molar-refractivity contribution in [2.75, 3.05) is 6.54 Å². The van der Waals surface area contributed by atoms with Gasteiger partial charge in [0.15, 0.2) is 0 Å². The summed E-state index contributed by atoms with van der Waals surface area (Å²) in [6, 6.07) is 6.29. The topological polar surface area (TPSA) is 98.3 Å². The predicted molar refractivity (Wildman–Crippen MR) is 75.8 cm³/mol. The molecule has 1 aliphatic carbocycles. The van der Waals surface area contributed by atoms with E-state index in [2.05, 4.69) is 5.32 Å². The van der Waals surface area contributed by atoms with Crippen molar-refractivity contribution in [1.82, 2.24) is 5.32 Å². The number of hydrogen-bond donors (Lipinski definition) is 2. The van der Waals surface area contributed by atoms with Gasteiger partial charge in [-0.3, -0.25) is 14.9 Å². The molecule has 2 rings (SSSR count). The second-order valence-corrected chi connectivity index (χ2v) is 4.84. The minimum Gasteiger partial charge on any atom is -0.348 e. The Bertz CT molecular complexity index is 538. The fourth-order valence-corrected chi connectivity index (χ4v) is 2.06. The van der Waals surface area contributed by atoms with Crippen molar-refractivity contribution < 1.29 is 9.72 Å². The number of nitrogens with two attached hydrogens (primary N) is 1. The number of rotatable bonds is 6. The van der Waals surface area contributed by atoms with Gasteiger partial charge in [-0.25, -0.2) is 0 Å². The number of carbonyl (C=O) groups is 1. The molecule has 1 aromatic rings. The summed E-state index contributed by atoms with van der Waals surface area (Å²) in [5.74, 6) is 0.203. The van der Waals surface area contributed by atoms with Crippen LogP contribution in [0.1, 0.15) is 18.4 Å². The molecule has 1 aliphatic rings. The molecule has 1 saturated carbocycles. The summed E-state index contributed by atoms with van der Waals surface area (Å²) in [6.45, 7) is 0.412. The zero-order valence-electron chi connectivity index (χ0n) is 11.0. The summed E-state index contributed by atoms with van der Waals surface area (Å²) in [6.07, 6.45) is 4.95. The van der Waals surface area contributed by atoms with Gasteiger partial charge in [0.2, 0.25) is 5.91 Å². The largest absolute Gasteiger partial charge is 0.348 e. The van der Waals surface area contributed by atoms with Crippen LogP contribution in [0.15, 0.2) is 30.3 Å². The summed E-state index contributed by atoms with van der Waals surface area (Å²) in [4.78, 5) is 22.2. The molecule has 0 aliphatic heterocycles. The molecule has 1 amide bonds. The molecule has 6 nitrogen and oxygen atoms in total. The maximum Gasteiger partial charge on any atom is 0.276 e. The van der Waals surface area contributed by atoms with Gasteiger partial charge in [0.05, 0.1) is 10.5 Å². The van der Waals surface area contributed by atoms with Gasteiger partial charge in [-0.2, -0.15) is 0 Å². The summed E-state index contributed by atoms with van der Waals surface area (Å²) < 4.78 is 0. The smallest absolute Gasteiger partial charge is 0.276 e. The van der Waals surface area contributed by atoms with E-state index in [0.29, 0.717) is 18.0 Å². The zero-order chi connectivity index (χ0) is 14.5. The van der Waals surface area contributed by atoms with E-state index in [1.165, 1.54) is 18.2 Å². The Hall–Kier alpha value is -2.21. The number of nitrogens with one attached hydrogen (secondary N) is 1. The maximum atomic E-state index is 11.8. The highest BCUT2D eigenvalue weighted by molar-refractivity contribution is 5.92. The number of nitro groups is 1. The van der Waals surface area contributed by atoms with E-state index < -0.39 is 4.92 Å². The molecule has 1 aromatic carbocycles. The van der Waals surface area contributed by atoms with Crippen LogP contribution in [0.3, 0.4) is 0 Å². The quantitative estimate of drug-likeness (QED) is 0.466. The van der Waals surface area contributed by atoms with Crippen molar-refractivity contribution in [3.63, 3.8) is 0 Å². The lowest BCUT2D eigenvalue weighted by Gasteiger charge is -2.14. The van der Waals surface area contributed by atoms with Crippen molar-refractivity contribution in [2.24, 2.45) is 11.7 Å². The van der Waals surface area contributed by atoms with E-state index in [4.69, 9.17) is 5.73 Å². The molecule has 0 aromatic heterocycles. The third-order valence-electron chi connectivity index (χ3n) is 3.32. The number of amides is 1. The second-order valence-electron chi connectivity index (χ2n) is 4.84. The molecule has 6 heteroatoms. The number of nitro benzene ring substituents is 1. The Morgan fingerprint density at radius 2 is 2.20 bits per heavy atom. The Morgan fingerprint density at radius 1 is 1.50 bits per heavy atom. The van der Waals surface area contributed by atoms with Crippen LogP contribution < -0.4 is 11.1 Å². The van der Waals surface area contributed by atoms with Crippen LogP contribution in [0.4, 0.5) is 5.69 Å². The first-order valence-corrected chi connectivity index (χ1v) is 6.54. The molecular formula is C14H17N3O3. The lowest BCUT2D eigenvalue weighted by atomic mass is 10.1. The molecule has 0 bridgehead atoms. The Labute approximate surface area is 116 Å². The van der Waals surface area contributed by atoms with Crippen molar-refractivity contribution in [1.29, 1.82) is 0 Å². The lowest BCUT2D eigenvalue weighted by Crippen LogP contribution is -2.40. The highest BCUT2D eigenvalue weighted by Gasteiger charge is 2.30. The van der Waals surface area contributed by atoms with Crippen molar-refractivity contribution in [2.45, 2.75) is 18.9 Å². The predicted octanol–water partition coefficient (Wildman–Crippen LogP) is 1.46. The normalized spacial score (nSPS) is 16.1. The van der Waals surface area contributed by atoms with Crippen LogP contribution in [0.5, 0.6) is 0 Å². The third-order valence-corrected chi connectivity index (χ3v) is 3.32. The van der Waals surface area contributed by atoms with Crippen molar-refractivity contribution >= 4 is 17.7 Å². The monoisotopic (exact) mass is 275 g/mol. The number of hydrogen-bond acceptors (Lipinski definition) is 4. The van der Waals surface area contributed by atoms with Crippen molar-refractivity contribution in [3.05, 3.63) is 46.0 Å². The summed E-state index contributed by atoms with van der Waals surface area (Å²) in [5.41, 5.74) is 5.99. The van der Waals surface area contributed by atoms with Crippen molar-refractivity contribution in [3.8, 4) is 0 Å². The number of carbonyl (C=O) groups excluding carboxylic acids is 1. The van der Waals surface area contributed by atoms with Gasteiger partial charge in [0, 0.05) is 24.7 Å². The van der Waals surface area contributed by atoms with Crippen LogP contribution >= 0.6 is 0 Å². The molecule has 0 saturated heterocycles. The highest BCUT2D eigenvalue weighted by atomic mass is 16.6. The minimum atomic E-state index is -0.468. The number of benzene rings is 1. The number of para-hydroxylation sites is 1. The first kappa shape index (κ1) is 14.2. The minimum absolute atomic E-state index is 0.00194. The van der Waals surface area contributed by atoms with Gasteiger partial charge in [0.1, 0.15) is 0 Å². The first-order chi connectivity index (χ1) is 9.61. The molecule has 1 fully saturated rings. The molecule has 106 valence electrons. The van der Waals surface area contributed by atoms with E-state index in [0.717, 1.165) is 12.8 Å². The average molecular weight is 275 g/mol. The molecule has 0 radical (unpaired) electrons. The van der Waals surface area contributed by atoms with Crippen LogP contribution in [0, 0.1) is 16.0 Å². The fraction of sp³-hybridized carbons (Fsp3) is 0.357. The van der Waals surface area contributed by atoms with Gasteiger partial charge >= 0.3 is 0 Å². The van der Waals surface area contributed by atoms with Gasteiger partial charge in [-0.15, -0.1) is 0 Å². The van der Waals surface area contributed by atoms with Gasteiger partial charge in [-0.1, -0.05) is 12.1 Å². The third kappa shape index (κ3) is 3.64. The Balaban J connectivity index is 2.01. The lowest BCUT2D eigenvalue weighted by molar-refractivity contribution is -0.385. The van der Waals surface area contributed by atoms with Crippen LogP contribution in [-0.2, 0) is 4.79 Å². The maximum absolute atomic E-state index is 11.8. The Morgan fingerprint density at radius 3 is 2.80 bits per heavy atom. The molecule has 1 unspecified atom stereocenters. The Kier molecular flexibility index (Phi) is 4.47. The summed E-state index contributed by atoms with van der Waals surface area (Å²) >= 11 is 0. The van der Waals surface area contributed by atoms with E-state index >= 15 is 0 Å². The molecule has 0 spiro atoms. The van der Waals surface area contributed by atoms with E-state index in [9.17, 15) is 14.9 Å². The fourth-order valence-electron chi connectivity index (χ4n) is 2.06. The second kappa shape index (κ2) is 6.29. The molecule has 20 heavy (non-hydrogen) atoms. The molecule has 3 N–H and O–H groups in total. The van der Waals surface area contributed by atoms with Crippen LogP contribution in [0.25, 0.3) is 6.08 Å². The highest BCUT2D eigenvalue weighted by Crippen LogP contribution is 2.32. The molecular weight excluding hydrogens is 258 g/mol. The molecule has 1 atom stereocenters. The molecule has 0 heterocycles. The summed E-state index contributed by atoms with van der Waals surface area (Å²) in [7, 11) is 0.